The molecule has 1 aliphatic rings. The van der Waals surface area contributed by atoms with Gasteiger partial charge in [0.15, 0.2) is 12.4 Å². The van der Waals surface area contributed by atoms with E-state index in [0.717, 1.165) is 49.7 Å². The number of ether oxygens (including phenoxy) is 6. The number of carbonyl (C=O) groups excluding carboxylic acids is 2. The Labute approximate surface area is 302 Å². The topological polar surface area (TPSA) is 113 Å². The van der Waals surface area contributed by atoms with Crippen LogP contribution in [0.3, 0.4) is 0 Å². The lowest BCUT2D eigenvalue weighted by molar-refractivity contribution is -0.308. The van der Waals surface area contributed by atoms with Crippen molar-refractivity contribution in [2.24, 2.45) is 0 Å². The van der Waals surface area contributed by atoms with E-state index in [4.69, 9.17) is 28.4 Å². The number of nitrogens with zero attached hydrogens (tertiary/aromatic N) is 1. The van der Waals surface area contributed by atoms with Gasteiger partial charge in [-0.15, -0.1) is 0 Å². The summed E-state index contributed by atoms with van der Waals surface area (Å²) in [6.07, 6.45) is 0.700. The molecule has 4 rings (SSSR count). The standard InChI is InChI=1S/C41H55NO9/c1-3-5-26-46-31-35-37(47-27-6-4-2)36(43)38(51-39(44)34-23-15-9-16-24-34)40(50-35)48-28-18-10-17-25-42(29-32-19-11-7-12-20-32)41(45)49-30-33-21-13-8-14-22-33/h7-9,11-16,19-24,35-38,40,43H,3-6,10,17-18,25-31H2,1-2H3/t35?,36?,37-,38?,40+/m0/s1. The second kappa shape index (κ2) is 22.9. The maximum Gasteiger partial charge on any atom is 0.410 e. The first-order chi connectivity index (χ1) is 25.0. The molecule has 0 saturated carbocycles. The molecule has 1 saturated heterocycles. The van der Waals surface area contributed by atoms with Gasteiger partial charge in [0.2, 0.25) is 0 Å². The van der Waals surface area contributed by atoms with E-state index in [2.05, 4.69) is 13.8 Å². The number of aliphatic hydroxyl groups is 1. The van der Waals surface area contributed by atoms with E-state index in [1.54, 1.807) is 29.2 Å². The van der Waals surface area contributed by atoms with Gasteiger partial charge in [0.1, 0.15) is 24.9 Å². The fraction of sp³-hybridized carbons (Fsp3) is 0.512. The van der Waals surface area contributed by atoms with Crippen molar-refractivity contribution in [1.82, 2.24) is 4.90 Å². The number of carbonyl (C=O) groups is 2. The molecule has 0 bridgehead atoms. The van der Waals surface area contributed by atoms with E-state index in [1.165, 1.54) is 0 Å². The van der Waals surface area contributed by atoms with E-state index in [1.807, 2.05) is 66.7 Å². The highest BCUT2D eigenvalue weighted by Crippen LogP contribution is 2.28. The molecule has 3 aromatic carbocycles. The van der Waals surface area contributed by atoms with Crippen molar-refractivity contribution in [2.45, 2.75) is 103 Å². The van der Waals surface area contributed by atoms with E-state index in [0.29, 0.717) is 44.9 Å². The van der Waals surface area contributed by atoms with E-state index in [9.17, 15) is 14.7 Å². The molecule has 1 heterocycles. The lowest BCUT2D eigenvalue weighted by atomic mass is 9.98. The predicted molar refractivity (Wildman–Crippen MR) is 194 cm³/mol. The summed E-state index contributed by atoms with van der Waals surface area (Å²) in [6, 6.07) is 28.1. The molecule has 0 spiro atoms. The lowest BCUT2D eigenvalue weighted by Crippen LogP contribution is -2.61. The fourth-order valence-corrected chi connectivity index (χ4v) is 5.70. The molecule has 0 aromatic heterocycles. The zero-order chi connectivity index (χ0) is 36.1. The summed E-state index contributed by atoms with van der Waals surface area (Å²) in [5.41, 5.74) is 2.31. The number of aliphatic hydroxyl groups excluding tert-OH is 1. The maximum atomic E-state index is 13.1. The molecule has 51 heavy (non-hydrogen) atoms. The molecule has 5 atom stereocenters. The third-order valence-corrected chi connectivity index (χ3v) is 8.64. The number of esters is 1. The Morgan fingerprint density at radius 1 is 0.725 bits per heavy atom. The highest BCUT2D eigenvalue weighted by molar-refractivity contribution is 5.89. The predicted octanol–water partition coefficient (Wildman–Crippen LogP) is 7.33. The van der Waals surface area contributed by atoms with Gasteiger partial charge in [-0.25, -0.2) is 9.59 Å². The summed E-state index contributed by atoms with van der Waals surface area (Å²) in [5.74, 6) is -0.584. The maximum absolute atomic E-state index is 13.1. The number of rotatable bonds is 22. The summed E-state index contributed by atoms with van der Waals surface area (Å²) in [7, 11) is 0. The van der Waals surface area contributed by atoms with Gasteiger partial charge in [0, 0.05) is 32.9 Å². The molecule has 1 fully saturated rings. The first kappa shape index (κ1) is 40.0. The molecule has 0 aliphatic carbocycles. The van der Waals surface area contributed by atoms with Crippen LogP contribution in [0.25, 0.3) is 0 Å². The van der Waals surface area contributed by atoms with Gasteiger partial charge in [-0.05, 0) is 55.4 Å². The summed E-state index contributed by atoms with van der Waals surface area (Å²) >= 11 is 0. The van der Waals surface area contributed by atoms with Crippen LogP contribution in [0.5, 0.6) is 0 Å². The SMILES string of the molecule is CCCCOCC1O[C@@H](OCCCCCN(Cc2ccccc2)C(=O)OCc2ccccc2)C(OC(=O)c2ccccc2)C(O)[C@H]1OCCCC. The average Bonchev–Trinajstić information content (AvgIpc) is 3.16. The quantitative estimate of drug-likeness (QED) is 0.0849. The van der Waals surface area contributed by atoms with Crippen LogP contribution < -0.4 is 0 Å². The number of amides is 1. The zero-order valence-corrected chi connectivity index (χ0v) is 30.1. The Kier molecular flexibility index (Phi) is 18.0. The Balaban J connectivity index is 1.35. The van der Waals surface area contributed by atoms with Crippen LogP contribution in [0, 0.1) is 0 Å². The van der Waals surface area contributed by atoms with Crippen molar-refractivity contribution < 1.29 is 43.1 Å². The molecule has 0 radical (unpaired) electrons. The number of hydrogen-bond acceptors (Lipinski definition) is 9. The molecule has 1 N–H and O–H groups in total. The van der Waals surface area contributed by atoms with Crippen LogP contribution in [0.1, 0.15) is 80.3 Å². The summed E-state index contributed by atoms with van der Waals surface area (Å²) in [6.45, 7) is 6.81. The Morgan fingerprint density at radius 2 is 1.35 bits per heavy atom. The molecule has 3 aromatic rings. The van der Waals surface area contributed by atoms with E-state index < -0.39 is 36.7 Å². The molecule has 10 heteroatoms. The Morgan fingerprint density at radius 3 is 2.04 bits per heavy atom. The number of benzene rings is 3. The highest BCUT2D eigenvalue weighted by Gasteiger charge is 2.48. The van der Waals surface area contributed by atoms with E-state index >= 15 is 0 Å². The minimum Gasteiger partial charge on any atom is -0.450 e. The first-order valence-corrected chi connectivity index (χ1v) is 18.4. The molecule has 1 aliphatic heterocycles. The van der Waals surface area contributed by atoms with Crippen LogP contribution in [-0.2, 0) is 41.6 Å². The third kappa shape index (κ3) is 13.7. The van der Waals surface area contributed by atoms with E-state index in [-0.39, 0.29) is 19.3 Å². The first-order valence-electron chi connectivity index (χ1n) is 18.4. The minimum atomic E-state index is -1.19. The minimum absolute atomic E-state index is 0.206. The van der Waals surface area contributed by atoms with Crippen molar-refractivity contribution in [3.63, 3.8) is 0 Å². The van der Waals surface area contributed by atoms with Crippen LogP contribution >= 0.6 is 0 Å². The second-order valence-electron chi connectivity index (χ2n) is 12.8. The monoisotopic (exact) mass is 705 g/mol. The number of unbranched alkanes of at least 4 members (excludes halogenated alkanes) is 4. The van der Waals surface area contributed by atoms with Gasteiger partial charge in [0.25, 0.3) is 0 Å². The van der Waals surface area contributed by atoms with Crippen LogP contribution in [-0.4, -0.2) is 85.7 Å². The molecular weight excluding hydrogens is 650 g/mol. The zero-order valence-electron chi connectivity index (χ0n) is 30.1. The average molecular weight is 706 g/mol. The van der Waals surface area contributed by atoms with Gasteiger partial charge in [0.05, 0.1) is 12.2 Å². The third-order valence-electron chi connectivity index (χ3n) is 8.64. The van der Waals surface area contributed by atoms with Gasteiger partial charge in [-0.1, -0.05) is 106 Å². The Bertz CT molecular complexity index is 1380. The van der Waals surface area contributed by atoms with Crippen LogP contribution in [0.2, 0.25) is 0 Å². The highest BCUT2D eigenvalue weighted by atomic mass is 16.7. The van der Waals surface area contributed by atoms with Crippen molar-refractivity contribution >= 4 is 12.1 Å². The fourth-order valence-electron chi connectivity index (χ4n) is 5.70. The van der Waals surface area contributed by atoms with Crippen molar-refractivity contribution in [3.8, 4) is 0 Å². The smallest absolute Gasteiger partial charge is 0.410 e. The second-order valence-corrected chi connectivity index (χ2v) is 12.8. The number of hydrogen-bond donors (Lipinski definition) is 1. The van der Waals surface area contributed by atoms with Crippen LogP contribution in [0.4, 0.5) is 4.79 Å². The molecule has 3 unspecified atom stereocenters. The largest absolute Gasteiger partial charge is 0.450 e. The molecule has 10 nitrogen and oxygen atoms in total. The summed E-state index contributed by atoms with van der Waals surface area (Å²) in [5, 5.41) is 11.6. The Hall–Kier alpha value is -3.80. The van der Waals surface area contributed by atoms with Crippen molar-refractivity contribution in [1.29, 1.82) is 0 Å². The molecule has 1 amide bonds. The van der Waals surface area contributed by atoms with Crippen LogP contribution in [0.15, 0.2) is 91.0 Å². The van der Waals surface area contributed by atoms with Gasteiger partial charge >= 0.3 is 12.1 Å². The van der Waals surface area contributed by atoms with Gasteiger partial charge in [-0.2, -0.15) is 0 Å². The lowest BCUT2D eigenvalue weighted by Gasteiger charge is -2.43. The molecule has 278 valence electrons. The summed E-state index contributed by atoms with van der Waals surface area (Å²) in [4.78, 5) is 28.0. The molecular formula is C41H55NO9. The summed E-state index contributed by atoms with van der Waals surface area (Å²) < 4.78 is 36.1. The van der Waals surface area contributed by atoms with Crippen molar-refractivity contribution in [3.05, 3.63) is 108 Å². The van der Waals surface area contributed by atoms with Crippen molar-refractivity contribution in [2.75, 3.05) is 33.0 Å². The normalized spacial score (nSPS) is 20.1. The van der Waals surface area contributed by atoms with Gasteiger partial charge in [-0.3, -0.25) is 0 Å². The van der Waals surface area contributed by atoms with Gasteiger partial charge < -0.3 is 38.4 Å².